The van der Waals surface area contributed by atoms with E-state index < -0.39 is 100 Å². The number of unbranched alkanes of at least 4 members (excludes halogenated alkanes) is 3. The SMILES string of the molecule is COCCCCN(CCCN(CCCCN(CCCN(CCCCOC)C(=O)C(F)(F)F)C(=O)C(F)(F)F)C(=O)C(F)(F)F)C(=O)C(C)(F)F. The van der Waals surface area contributed by atoms with Crippen LogP contribution in [0.5, 0.6) is 0 Å². The van der Waals surface area contributed by atoms with Gasteiger partial charge in [0.05, 0.1) is 0 Å². The molecule has 0 saturated carbocycles. The van der Waals surface area contributed by atoms with Crippen molar-refractivity contribution in [3.8, 4) is 0 Å². The van der Waals surface area contributed by atoms with Crippen molar-refractivity contribution in [3.05, 3.63) is 0 Å². The number of rotatable bonds is 24. The van der Waals surface area contributed by atoms with Gasteiger partial charge < -0.3 is 29.1 Å². The standard InChI is InChI=1S/C29H45F11N4O6/c1-26(30,31)22(45)41(14-6-8-20-49-2)16-10-17-42(23(46)27(32,33)34)12-4-5-13-43(24(47)28(35,36)37)18-11-19-44(15-7-9-21-50-3)25(48)29(38,39)40/h4-21H2,1-3H3. The van der Waals surface area contributed by atoms with Gasteiger partial charge in [0.15, 0.2) is 0 Å². The lowest BCUT2D eigenvalue weighted by Gasteiger charge is -2.29. The van der Waals surface area contributed by atoms with Gasteiger partial charge in [-0.15, -0.1) is 0 Å². The van der Waals surface area contributed by atoms with Crippen LogP contribution in [0.15, 0.2) is 0 Å². The summed E-state index contributed by atoms with van der Waals surface area (Å²) in [5, 5.41) is 0. The molecular weight excluding hydrogens is 709 g/mol. The van der Waals surface area contributed by atoms with Crippen molar-refractivity contribution in [1.29, 1.82) is 0 Å². The number of halogens is 11. The monoisotopic (exact) mass is 754 g/mol. The third-order valence-corrected chi connectivity index (χ3v) is 7.12. The first kappa shape index (κ1) is 47.0. The fourth-order valence-corrected chi connectivity index (χ4v) is 4.68. The van der Waals surface area contributed by atoms with Crippen molar-refractivity contribution in [3.63, 3.8) is 0 Å². The summed E-state index contributed by atoms with van der Waals surface area (Å²) in [4.78, 5) is 49.7. The lowest BCUT2D eigenvalue weighted by Crippen LogP contribution is -2.46. The molecule has 10 nitrogen and oxygen atoms in total. The average molecular weight is 755 g/mol. The van der Waals surface area contributed by atoms with E-state index in [0.717, 1.165) is 4.90 Å². The van der Waals surface area contributed by atoms with Crippen LogP contribution in [0.3, 0.4) is 0 Å². The predicted octanol–water partition coefficient (Wildman–Crippen LogP) is 5.06. The molecule has 0 aromatic carbocycles. The van der Waals surface area contributed by atoms with Crippen molar-refractivity contribution >= 4 is 23.6 Å². The summed E-state index contributed by atoms with van der Waals surface area (Å²) in [6.45, 7) is -3.65. The maximum Gasteiger partial charge on any atom is 0.471 e. The molecule has 0 saturated heterocycles. The lowest BCUT2D eigenvalue weighted by molar-refractivity contribution is -0.187. The van der Waals surface area contributed by atoms with Crippen LogP contribution < -0.4 is 0 Å². The molecule has 21 heteroatoms. The van der Waals surface area contributed by atoms with Crippen molar-refractivity contribution in [2.24, 2.45) is 0 Å². The van der Waals surface area contributed by atoms with Crippen LogP contribution in [-0.4, -0.2) is 147 Å². The Bertz CT molecular complexity index is 957. The van der Waals surface area contributed by atoms with E-state index in [-0.39, 0.29) is 63.2 Å². The Morgan fingerprint density at radius 1 is 0.400 bits per heavy atom. The molecule has 0 aromatic heterocycles. The number of hydrogen-bond donors (Lipinski definition) is 0. The topological polar surface area (TPSA) is 99.7 Å². The molecule has 0 heterocycles. The molecule has 0 aromatic rings. The van der Waals surface area contributed by atoms with Gasteiger partial charge in [-0.05, 0) is 51.4 Å². The van der Waals surface area contributed by atoms with E-state index in [2.05, 4.69) is 0 Å². The quantitative estimate of drug-likeness (QED) is 0.101. The normalized spacial score (nSPS) is 12.5. The van der Waals surface area contributed by atoms with E-state index in [1.54, 1.807) is 0 Å². The van der Waals surface area contributed by atoms with E-state index in [9.17, 15) is 67.5 Å². The van der Waals surface area contributed by atoms with Crippen molar-refractivity contribution < 1.29 is 76.9 Å². The number of carbonyl (C=O) groups excluding carboxylic acids is 4. The first-order chi connectivity index (χ1) is 23.0. The molecular formula is C29H45F11N4O6. The van der Waals surface area contributed by atoms with Crippen LogP contribution in [0.1, 0.15) is 58.3 Å². The number of ether oxygens (including phenoxy) is 2. The van der Waals surface area contributed by atoms with Gasteiger partial charge in [0.2, 0.25) is 0 Å². The molecule has 50 heavy (non-hydrogen) atoms. The molecule has 0 aliphatic heterocycles. The first-order valence-corrected chi connectivity index (χ1v) is 15.7. The van der Waals surface area contributed by atoms with Crippen LogP contribution in [0.4, 0.5) is 48.3 Å². The highest BCUT2D eigenvalue weighted by Crippen LogP contribution is 2.23. The van der Waals surface area contributed by atoms with Gasteiger partial charge in [-0.25, -0.2) is 0 Å². The summed E-state index contributed by atoms with van der Waals surface area (Å²) in [5.74, 6) is -12.3. The zero-order chi connectivity index (χ0) is 38.8. The van der Waals surface area contributed by atoms with Crippen LogP contribution in [-0.2, 0) is 28.7 Å². The smallest absolute Gasteiger partial charge is 0.385 e. The molecule has 4 amide bonds. The Morgan fingerprint density at radius 3 is 0.840 bits per heavy atom. The van der Waals surface area contributed by atoms with Crippen molar-refractivity contribution in [2.75, 3.05) is 79.8 Å². The van der Waals surface area contributed by atoms with Gasteiger partial charge in [-0.1, -0.05) is 0 Å². The summed E-state index contributed by atoms with van der Waals surface area (Å²) in [7, 11) is 2.74. The van der Waals surface area contributed by atoms with Gasteiger partial charge in [-0.3, -0.25) is 19.2 Å². The van der Waals surface area contributed by atoms with Crippen LogP contribution in [0.2, 0.25) is 0 Å². The number of nitrogens with zero attached hydrogens (tertiary/aromatic N) is 4. The maximum absolute atomic E-state index is 13.7. The second-order valence-corrected chi connectivity index (χ2v) is 11.4. The highest BCUT2D eigenvalue weighted by molar-refractivity contribution is 5.83. The molecule has 0 unspecified atom stereocenters. The minimum absolute atomic E-state index is 0.0851. The molecule has 294 valence electrons. The third-order valence-electron chi connectivity index (χ3n) is 7.12. The molecule has 0 bridgehead atoms. The fraction of sp³-hybridized carbons (Fsp3) is 0.862. The Kier molecular flexibility index (Phi) is 20.8. The van der Waals surface area contributed by atoms with E-state index in [1.807, 2.05) is 0 Å². The first-order valence-electron chi connectivity index (χ1n) is 15.7. The number of hydrogen-bond acceptors (Lipinski definition) is 6. The second kappa shape index (κ2) is 22.1. The summed E-state index contributed by atoms with van der Waals surface area (Å²) in [6.07, 6.45) is -16.6. The minimum Gasteiger partial charge on any atom is -0.385 e. The predicted molar refractivity (Wildman–Crippen MR) is 156 cm³/mol. The minimum atomic E-state index is -5.40. The van der Waals surface area contributed by atoms with E-state index >= 15 is 0 Å². The van der Waals surface area contributed by atoms with Gasteiger partial charge in [-0.2, -0.15) is 48.3 Å². The lowest BCUT2D eigenvalue weighted by atomic mass is 10.2. The summed E-state index contributed by atoms with van der Waals surface area (Å²) in [6, 6.07) is 0. The third kappa shape index (κ3) is 18.9. The van der Waals surface area contributed by atoms with Gasteiger partial charge in [0, 0.05) is 86.7 Å². The summed E-state index contributed by atoms with van der Waals surface area (Å²) < 4.78 is 156. The highest BCUT2D eigenvalue weighted by atomic mass is 19.4. The zero-order valence-electron chi connectivity index (χ0n) is 28.1. The molecule has 0 rings (SSSR count). The average Bonchev–Trinajstić information content (AvgIpc) is 3.00. The Hall–Kier alpha value is -2.97. The van der Waals surface area contributed by atoms with E-state index in [0.29, 0.717) is 23.1 Å². The number of methoxy groups -OCH3 is 2. The molecule has 0 radical (unpaired) electrons. The Balaban J connectivity index is 5.52. The Labute approximate surface area is 283 Å². The summed E-state index contributed by atoms with van der Waals surface area (Å²) in [5.41, 5.74) is 0. The molecule has 0 spiro atoms. The van der Waals surface area contributed by atoms with Gasteiger partial charge in [0.25, 0.3) is 5.91 Å². The molecule has 0 aliphatic rings. The number of carbonyl (C=O) groups is 4. The fourth-order valence-electron chi connectivity index (χ4n) is 4.68. The van der Waals surface area contributed by atoms with Crippen LogP contribution in [0.25, 0.3) is 0 Å². The largest absolute Gasteiger partial charge is 0.471 e. The molecule has 0 atom stereocenters. The van der Waals surface area contributed by atoms with Gasteiger partial charge >= 0.3 is 42.2 Å². The van der Waals surface area contributed by atoms with Crippen molar-refractivity contribution in [1.82, 2.24) is 19.6 Å². The Morgan fingerprint density at radius 2 is 0.620 bits per heavy atom. The van der Waals surface area contributed by atoms with Crippen LogP contribution in [0, 0.1) is 0 Å². The van der Waals surface area contributed by atoms with Crippen LogP contribution >= 0.6 is 0 Å². The molecule has 0 aliphatic carbocycles. The molecule has 0 N–H and O–H groups in total. The number of alkyl halides is 11. The highest BCUT2D eigenvalue weighted by Gasteiger charge is 2.45. The van der Waals surface area contributed by atoms with E-state index in [1.165, 1.54) is 14.2 Å². The molecule has 0 fully saturated rings. The maximum atomic E-state index is 13.7. The zero-order valence-corrected chi connectivity index (χ0v) is 28.1. The number of amides is 4. The van der Waals surface area contributed by atoms with E-state index in [4.69, 9.17) is 9.47 Å². The van der Waals surface area contributed by atoms with Gasteiger partial charge in [0.1, 0.15) is 0 Å². The second-order valence-electron chi connectivity index (χ2n) is 11.4. The van der Waals surface area contributed by atoms with Crippen molar-refractivity contribution in [2.45, 2.75) is 82.7 Å². The summed E-state index contributed by atoms with van der Waals surface area (Å²) >= 11 is 0.